The van der Waals surface area contributed by atoms with E-state index in [1.807, 2.05) is 24.3 Å². The summed E-state index contributed by atoms with van der Waals surface area (Å²) in [5.74, 6) is 0.852. The van der Waals surface area contributed by atoms with E-state index in [0.717, 1.165) is 23.9 Å². The number of imidazole rings is 1. The number of hydrogen-bond donors (Lipinski definition) is 0. The molecule has 0 spiro atoms. The fourth-order valence-corrected chi connectivity index (χ4v) is 3.93. The molecule has 1 saturated heterocycles. The lowest BCUT2D eigenvalue weighted by Gasteiger charge is -2.23. The van der Waals surface area contributed by atoms with Crippen LogP contribution in [-0.2, 0) is 11.3 Å². The van der Waals surface area contributed by atoms with Crippen LogP contribution in [0.4, 0.5) is 5.95 Å². The minimum Gasteiger partial charge on any atom is -0.473 e. The highest BCUT2D eigenvalue weighted by atomic mass is 35.5. The number of ether oxygens (including phenoxy) is 2. The Morgan fingerprint density at radius 1 is 1.21 bits per heavy atom. The smallest absolute Gasteiger partial charge is 0.262 e. The van der Waals surface area contributed by atoms with E-state index >= 15 is 0 Å². The van der Waals surface area contributed by atoms with Crippen molar-refractivity contribution in [1.82, 2.24) is 14.5 Å². The molecule has 1 aromatic carbocycles. The van der Waals surface area contributed by atoms with Gasteiger partial charge >= 0.3 is 0 Å². The van der Waals surface area contributed by atoms with Gasteiger partial charge < -0.3 is 14.0 Å². The Balaban J connectivity index is 1.38. The van der Waals surface area contributed by atoms with Crippen LogP contribution < -0.4 is 9.64 Å². The second kappa shape index (κ2) is 7.07. The number of aromatic nitrogens is 3. The zero-order chi connectivity index (χ0) is 19.1. The molecule has 28 heavy (non-hydrogen) atoms. The van der Waals surface area contributed by atoms with Crippen LogP contribution in [-0.4, -0.2) is 46.3 Å². The monoisotopic (exact) mass is 398 g/mol. The lowest BCUT2D eigenvalue weighted by Crippen LogP contribution is -2.29. The van der Waals surface area contributed by atoms with Crippen molar-refractivity contribution >= 4 is 34.5 Å². The lowest BCUT2D eigenvalue weighted by molar-refractivity contribution is 0.0238. The van der Waals surface area contributed by atoms with Crippen LogP contribution in [0, 0.1) is 0 Å². The molecule has 0 aliphatic carbocycles. The topological polar surface area (TPSA) is 69.5 Å². The van der Waals surface area contributed by atoms with E-state index in [4.69, 9.17) is 21.1 Å². The number of hydrogen-bond acceptors (Lipinski definition) is 5. The first-order chi connectivity index (χ1) is 13.7. The third kappa shape index (κ3) is 3.00. The molecular weight excluding hydrogens is 380 g/mol. The van der Waals surface area contributed by atoms with Gasteiger partial charge in [0.1, 0.15) is 11.1 Å². The maximum absolute atomic E-state index is 13.1. The molecule has 5 rings (SSSR count). The van der Waals surface area contributed by atoms with Gasteiger partial charge in [0.2, 0.25) is 11.8 Å². The zero-order valence-corrected chi connectivity index (χ0v) is 15.9. The van der Waals surface area contributed by atoms with Gasteiger partial charge in [-0.3, -0.25) is 9.69 Å². The van der Waals surface area contributed by atoms with Crippen molar-refractivity contribution in [3.63, 3.8) is 0 Å². The minimum atomic E-state index is -0.166. The average molecular weight is 399 g/mol. The third-order valence-corrected chi connectivity index (χ3v) is 5.44. The first kappa shape index (κ1) is 17.5. The molecule has 7 nitrogen and oxygen atoms in total. The van der Waals surface area contributed by atoms with Gasteiger partial charge in [0.15, 0.2) is 0 Å². The fraction of sp³-hybridized carbons (Fsp3) is 0.350. The summed E-state index contributed by atoms with van der Waals surface area (Å²) in [4.78, 5) is 23.6. The second-order valence-corrected chi connectivity index (χ2v) is 7.36. The summed E-state index contributed by atoms with van der Waals surface area (Å²) in [6.45, 7) is 2.64. The number of carbonyl (C=O) groups is 1. The number of para-hydroxylation sites is 2. The minimum absolute atomic E-state index is 0.0405. The molecule has 8 heteroatoms. The number of anilines is 1. The van der Waals surface area contributed by atoms with Gasteiger partial charge in [-0.15, -0.1) is 0 Å². The van der Waals surface area contributed by atoms with Crippen LogP contribution in [0.1, 0.15) is 23.2 Å². The van der Waals surface area contributed by atoms with Crippen molar-refractivity contribution in [2.24, 2.45) is 0 Å². The fourth-order valence-electron chi connectivity index (χ4n) is 3.72. The van der Waals surface area contributed by atoms with Gasteiger partial charge in [0.25, 0.3) is 5.91 Å². The molecule has 0 unspecified atom stereocenters. The van der Waals surface area contributed by atoms with Gasteiger partial charge in [0, 0.05) is 32.1 Å². The summed E-state index contributed by atoms with van der Waals surface area (Å²) >= 11 is 6.35. The Labute approximate surface area is 166 Å². The van der Waals surface area contributed by atoms with E-state index in [2.05, 4.69) is 14.5 Å². The Kier molecular flexibility index (Phi) is 4.41. The van der Waals surface area contributed by atoms with Crippen LogP contribution in [0.3, 0.4) is 0 Å². The van der Waals surface area contributed by atoms with Crippen molar-refractivity contribution in [2.45, 2.75) is 25.5 Å². The molecule has 0 N–H and O–H groups in total. The average Bonchev–Trinajstić information content (AvgIpc) is 3.29. The Bertz CT molecular complexity index is 1050. The summed E-state index contributed by atoms with van der Waals surface area (Å²) in [7, 11) is 0. The van der Waals surface area contributed by atoms with Gasteiger partial charge in [-0.2, -0.15) is 0 Å². The van der Waals surface area contributed by atoms with E-state index in [1.54, 1.807) is 11.0 Å². The van der Waals surface area contributed by atoms with Crippen molar-refractivity contribution in [2.75, 3.05) is 24.7 Å². The van der Waals surface area contributed by atoms with Crippen molar-refractivity contribution in [3.05, 3.63) is 47.1 Å². The summed E-state index contributed by atoms with van der Waals surface area (Å²) in [5.41, 5.74) is 2.33. The van der Waals surface area contributed by atoms with Crippen molar-refractivity contribution < 1.29 is 14.3 Å². The highest BCUT2D eigenvalue weighted by Crippen LogP contribution is 2.30. The van der Waals surface area contributed by atoms with Crippen LogP contribution in [0.2, 0.25) is 5.02 Å². The number of carbonyl (C=O) groups excluding carboxylic acids is 1. The first-order valence-electron chi connectivity index (χ1n) is 9.38. The number of pyridine rings is 1. The lowest BCUT2D eigenvalue weighted by atomic mass is 10.1. The van der Waals surface area contributed by atoms with E-state index in [1.165, 1.54) is 6.20 Å². The van der Waals surface area contributed by atoms with Gasteiger partial charge in [-0.25, -0.2) is 9.97 Å². The van der Waals surface area contributed by atoms with Crippen molar-refractivity contribution in [3.8, 4) is 5.88 Å². The number of rotatable bonds is 3. The van der Waals surface area contributed by atoms with Crippen LogP contribution in [0.5, 0.6) is 5.88 Å². The Hall–Kier alpha value is -2.64. The molecule has 0 atom stereocenters. The molecule has 2 aliphatic rings. The van der Waals surface area contributed by atoms with E-state index in [9.17, 15) is 4.79 Å². The first-order valence-corrected chi connectivity index (χ1v) is 9.75. The van der Waals surface area contributed by atoms with Gasteiger partial charge in [-0.1, -0.05) is 23.7 Å². The molecule has 3 aromatic rings. The summed E-state index contributed by atoms with van der Waals surface area (Å²) < 4.78 is 13.3. The second-order valence-electron chi connectivity index (χ2n) is 6.95. The molecule has 1 amide bonds. The molecule has 144 valence electrons. The highest BCUT2D eigenvalue weighted by Gasteiger charge is 2.29. The normalized spacial score (nSPS) is 17.1. The van der Waals surface area contributed by atoms with Gasteiger partial charge in [0.05, 0.1) is 29.8 Å². The van der Waals surface area contributed by atoms with Crippen LogP contribution in [0.25, 0.3) is 11.0 Å². The largest absolute Gasteiger partial charge is 0.473 e. The number of benzene rings is 1. The SMILES string of the molecule is O=C(c1cnc(OC2CCOCC2)c(Cl)c1)N1CCn2c1nc1ccccc12. The highest BCUT2D eigenvalue weighted by molar-refractivity contribution is 6.32. The van der Waals surface area contributed by atoms with Crippen LogP contribution >= 0.6 is 11.6 Å². The van der Waals surface area contributed by atoms with E-state index in [-0.39, 0.29) is 12.0 Å². The molecule has 2 aromatic heterocycles. The number of halogens is 1. The van der Waals surface area contributed by atoms with Crippen molar-refractivity contribution in [1.29, 1.82) is 0 Å². The maximum Gasteiger partial charge on any atom is 0.262 e. The standard InChI is InChI=1S/C20H19ClN4O3/c21-15-11-13(12-22-18(15)28-14-5-9-27-10-6-14)19(26)25-8-7-24-17-4-2-1-3-16(17)23-20(24)25/h1-4,11-12,14H,5-10H2. The van der Waals surface area contributed by atoms with Crippen LogP contribution in [0.15, 0.2) is 36.5 Å². The molecule has 2 aliphatic heterocycles. The molecule has 0 radical (unpaired) electrons. The summed E-state index contributed by atoms with van der Waals surface area (Å²) in [6.07, 6.45) is 3.18. The number of nitrogens with zero attached hydrogens (tertiary/aromatic N) is 4. The third-order valence-electron chi connectivity index (χ3n) is 5.17. The Morgan fingerprint density at radius 3 is 2.86 bits per heavy atom. The Morgan fingerprint density at radius 2 is 2.04 bits per heavy atom. The molecule has 4 heterocycles. The summed E-state index contributed by atoms with van der Waals surface area (Å²) in [6, 6.07) is 9.50. The predicted octanol–water partition coefficient (Wildman–Crippen LogP) is 3.30. The predicted molar refractivity (Wildman–Crippen MR) is 105 cm³/mol. The number of fused-ring (bicyclic) bond motifs is 3. The maximum atomic E-state index is 13.1. The molecular formula is C20H19ClN4O3. The number of amides is 1. The molecule has 0 saturated carbocycles. The van der Waals surface area contributed by atoms with E-state index < -0.39 is 0 Å². The summed E-state index contributed by atoms with van der Waals surface area (Å²) in [5, 5.41) is 0.338. The molecule has 0 bridgehead atoms. The van der Waals surface area contributed by atoms with Gasteiger partial charge in [-0.05, 0) is 18.2 Å². The quantitative estimate of drug-likeness (QED) is 0.677. The molecule has 1 fully saturated rings. The van der Waals surface area contributed by atoms with E-state index in [0.29, 0.717) is 48.7 Å². The zero-order valence-electron chi connectivity index (χ0n) is 15.2.